The van der Waals surface area contributed by atoms with E-state index in [4.69, 9.17) is 9.15 Å². The van der Waals surface area contributed by atoms with E-state index in [1.807, 2.05) is 66.7 Å². The summed E-state index contributed by atoms with van der Waals surface area (Å²) in [6, 6.07) is 24.9. The first kappa shape index (κ1) is 17.4. The molecule has 0 aliphatic rings. The van der Waals surface area contributed by atoms with Crippen LogP contribution in [-0.4, -0.2) is 6.09 Å². The molecule has 4 nitrogen and oxygen atoms in total. The molecular formula is C22H16BrNO3. The second-order valence-corrected chi connectivity index (χ2v) is 6.89. The molecule has 0 atom stereocenters. The highest BCUT2D eigenvalue weighted by atomic mass is 79.9. The van der Waals surface area contributed by atoms with Gasteiger partial charge in [0.05, 0.1) is 0 Å². The predicted molar refractivity (Wildman–Crippen MR) is 110 cm³/mol. The Labute approximate surface area is 164 Å². The number of hydrogen-bond acceptors (Lipinski definition) is 3. The van der Waals surface area contributed by atoms with E-state index in [1.165, 1.54) is 0 Å². The summed E-state index contributed by atoms with van der Waals surface area (Å²) in [5, 5.41) is 3.67. The second kappa shape index (κ2) is 7.68. The van der Waals surface area contributed by atoms with E-state index in [-0.39, 0.29) is 6.61 Å². The average Bonchev–Trinajstić information content (AvgIpc) is 3.05. The Morgan fingerprint density at radius 2 is 1.67 bits per heavy atom. The SMILES string of the molecule is O=C(Nc1ccccc1)OCc1oc2ccc(Br)cc2c1-c1ccccc1. The molecule has 0 aliphatic heterocycles. The summed E-state index contributed by atoms with van der Waals surface area (Å²) < 4.78 is 12.3. The summed E-state index contributed by atoms with van der Waals surface area (Å²) in [4.78, 5) is 12.1. The van der Waals surface area contributed by atoms with Crippen molar-refractivity contribution in [1.82, 2.24) is 0 Å². The summed E-state index contributed by atoms with van der Waals surface area (Å²) in [7, 11) is 0. The van der Waals surface area contributed by atoms with E-state index in [2.05, 4.69) is 21.2 Å². The molecule has 0 radical (unpaired) electrons. The fourth-order valence-corrected chi connectivity index (χ4v) is 3.31. The van der Waals surface area contributed by atoms with E-state index in [9.17, 15) is 4.79 Å². The first-order valence-electron chi connectivity index (χ1n) is 8.46. The Hall–Kier alpha value is -3.05. The lowest BCUT2D eigenvalue weighted by Crippen LogP contribution is -2.13. The molecule has 1 amide bonds. The number of carbonyl (C=O) groups excluding carboxylic acids is 1. The summed E-state index contributed by atoms with van der Waals surface area (Å²) in [6.07, 6.45) is -0.526. The number of hydrogen-bond donors (Lipinski definition) is 1. The molecule has 27 heavy (non-hydrogen) atoms. The molecule has 3 aromatic carbocycles. The van der Waals surface area contributed by atoms with E-state index in [1.54, 1.807) is 12.1 Å². The molecule has 5 heteroatoms. The van der Waals surface area contributed by atoms with Gasteiger partial charge in [-0.3, -0.25) is 5.32 Å². The van der Waals surface area contributed by atoms with Gasteiger partial charge in [-0.05, 0) is 35.9 Å². The molecule has 1 heterocycles. The van der Waals surface area contributed by atoms with Crippen molar-refractivity contribution in [2.45, 2.75) is 6.61 Å². The van der Waals surface area contributed by atoms with Gasteiger partial charge >= 0.3 is 6.09 Å². The predicted octanol–water partition coefficient (Wildman–Crippen LogP) is 6.61. The smallest absolute Gasteiger partial charge is 0.412 e. The summed E-state index contributed by atoms with van der Waals surface area (Å²) >= 11 is 3.51. The highest BCUT2D eigenvalue weighted by Gasteiger charge is 2.18. The first-order chi connectivity index (χ1) is 13.2. The van der Waals surface area contributed by atoms with E-state index in [0.717, 1.165) is 26.6 Å². The van der Waals surface area contributed by atoms with Crippen molar-refractivity contribution in [3.8, 4) is 11.1 Å². The molecule has 0 fully saturated rings. The van der Waals surface area contributed by atoms with Gasteiger partial charge in [-0.25, -0.2) is 4.79 Å². The van der Waals surface area contributed by atoms with Gasteiger partial charge in [-0.1, -0.05) is 64.5 Å². The highest BCUT2D eigenvalue weighted by Crippen LogP contribution is 2.36. The molecule has 4 rings (SSSR count). The minimum absolute atomic E-state index is 0.0369. The third kappa shape index (κ3) is 3.88. The van der Waals surface area contributed by atoms with Crippen molar-refractivity contribution in [3.05, 3.63) is 89.1 Å². The standard InChI is InChI=1S/C22H16BrNO3/c23-16-11-12-19-18(13-16)21(15-7-3-1-4-8-15)20(27-19)14-26-22(25)24-17-9-5-2-6-10-17/h1-13H,14H2,(H,24,25). The zero-order valence-corrected chi connectivity index (χ0v) is 15.9. The first-order valence-corrected chi connectivity index (χ1v) is 9.25. The lowest BCUT2D eigenvalue weighted by molar-refractivity contribution is 0.147. The number of ether oxygens (including phenoxy) is 1. The maximum Gasteiger partial charge on any atom is 0.412 e. The number of anilines is 1. The Morgan fingerprint density at radius 3 is 2.41 bits per heavy atom. The van der Waals surface area contributed by atoms with Crippen molar-refractivity contribution in [2.24, 2.45) is 0 Å². The van der Waals surface area contributed by atoms with Crippen LogP contribution in [0.2, 0.25) is 0 Å². The fourth-order valence-electron chi connectivity index (χ4n) is 2.95. The molecule has 4 aromatic rings. The van der Waals surface area contributed by atoms with Gasteiger partial charge in [-0.15, -0.1) is 0 Å². The number of para-hydroxylation sites is 1. The summed E-state index contributed by atoms with van der Waals surface area (Å²) in [6.45, 7) is 0.0369. The van der Waals surface area contributed by atoms with Gasteiger partial charge < -0.3 is 9.15 Å². The van der Waals surface area contributed by atoms with Gasteiger partial charge in [0.15, 0.2) is 12.4 Å². The Kier molecular flexibility index (Phi) is 4.94. The zero-order chi connectivity index (χ0) is 18.6. The molecule has 1 aromatic heterocycles. The molecule has 0 saturated carbocycles. The Balaban J connectivity index is 1.62. The van der Waals surface area contributed by atoms with Crippen LogP contribution >= 0.6 is 15.9 Å². The number of nitrogens with one attached hydrogen (secondary N) is 1. The largest absolute Gasteiger partial charge is 0.457 e. The molecule has 0 saturated heterocycles. The summed E-state index contributed by atoms with van der Waals surface area (Å²) in [5.74, 6) is 0.609. The van der Waals surface area contributed by atoms with Crippen LogP contribution in [0, 0.1) is 0 Å². The maximum absolute atomic E-state index is 12.1. The van der Waals surface area contributed by atoms with Crippen LogP contribution in [0.4, 0.5) is 10.5 Å². The number of rotatable bonds is 4. The molecule has 0 aliphatic carbocycles. The number of halogens is 1. The minimum Gasteiger partial charge on any atom is -0.457 e. The number of amides is 1. The van der Waals surface area contributed by atoms with Gasteiger partial charge in [0.1, 0.15) is 5.58 Å². The van der Waals surface area contributed by atoms with Crippen molar-refractivity contribution >= 4 is 38.7 Å². The van der Waals surface area contributed by atoms with Crippen LogP contribution in [0.1, 0.15) is 5.76 Å². The lowest BCUT2D eigenvalue weighted by Gasteiger charge is -2.07. The second-order valence-electron chi connectivity index (χ2n) is 5.97. The molecule has 1 N–H and O–H groups in total. The molecule has 134 valence electrons. The Bertz CT molecular complexity index is 1070. The topological polar surface area (TPSA) is 51.5 Å². The number of benzene rings is 3. The van der Waals surface area contributed by atoms with Gasteiger partial charge in [-0.2, -0.15) is 0 Å². The molecular weight excluding hydrogens is 406 g/mol. The monoisotopic (exact) mass is 421 g/mol. The quantitative estimate of drug-likeness (QED) is 0.403. The maximum atomic E-state index is 12.1. The van der Waals surface area contributed by atoms with Crippen LogP contribution in [0.5, 0.6) is 0 Å². The van der Waals surface area contributed by atoms with Crippen molar-refractivity contribution < 1.29 is 13.9 Å². The van der Waals surface area contributed by atoms with Crippen LogP contribution in [-0.2, 0) is 11.3 Å². The highest BCUT2D eigenvalue weighted by molar-refractivity contribution is 9.10. The van der Waals surface area contributed by atoms with Gasteiger partial charge in [0, 0.05) is 21.1 Å². The Morgan fingerprint density at radius 1 is 0.963 bits per heavy atom. The minimum atomic E-state index is -0.526. The molecule has 0 unspecified atom stereocenters. The van der Waals surface area contributed by atoms with Crippen molar-refractivity contribution in [3.63, 3.8) is 0 Å². The van der Waals surface area contributed by atoms with Crippen molar-refractivity contribution in [1.29, 1.82) is 0 Å². The van der Waals surface area contributed by atoms with Crippen LogP contribution in [0.15, 0.2) is 87.8 Å². The third-order valence-corrected chi connectivity index (χ3v) is 4.63. The van der Waals surface area contributed by atoms with E-state index in [0.29, 0.717) is 11.4 Å². The normalized spacial score (nSPS) is 10.7. The number of furan rings is 1. The lowest BCUT2D eigenvalue weighted by atomic mass is 10.0. The number of fused-ring (bicyclic) bond motifs is 1. The average molecular weight is 422 g/mol. The van der Waals surface area contributed by atoms with Gasteiger partial charge in [0.25, 0.3) is 0 Å². The zero-order valence-electron chi connectivity index (χ0n) is 14.3. The van der Waals surface area contributed by atoms with Crippen LogP contribution in [0.25, 0.3) is 22.1 Å². The van der Waals surface area contributed by atoms with Crippen molar-refractivity contribution in [2.75, 3.05) is 5.32 Å². The van der Waals surface area contributed by atoms with Crippen LogP contribution in [0.3, 0.4) is 0 Å². The third-order valence-electron chi connectivity index (χ3n) is 4.14. The molecule has 0 bridgehead atoms. The van der Waals surface area contributed by atoms with Gasteiger partial charge in [0.2, 0.25) is 0 Å². The fraction of sp³-hybridized carbons (Fsp3) is 0.0455. The van der Waals surface area contributed by atoms with E-state index < -0.39 is 6.09 Å². The number of carbonyl (C=O) groups is 1. The van der Waals surface area contributed by atoms with Crippen LogP contribution < -0.4 is 5.32 Å². The van der Waals surface area contributed by atoms with E-state index >= 15 is 0 Å². The molecule has 0 spiro atoms. The summed E-state index contributed by atoms with van der Waals surface area (Å²) in [5.41, 5.74) is 3.37.